The fraction of sp³-hybridized carbons (Fsp3) is 0.462. The molecule has 0 bridgehead atoms. The maximum atomic E-state index is 10.9. The van der Waals surface area contributed by atoms with Crippen molar-refractivity contribution in [3.8, 4) is 6.07 Å². The topological polar surface area (TPSA) is 96.6 Å². The molecule has 0 spiro atoms. The number of aliphatic carboxylic acids is 1. The van der Waals surface area contributed by atoms with Gasteiger partial charge in [0.05, 0.1) is 24.9 Å². The number of hydrogen-bond donors (Lipinski definition) is 1. The van der Waals surface area contributed by atoms with Crippen LogP contribution in [-0.2, 0) is 19.1 Å². The Balaban J connectivity index is 0. The van der Waals surface area contributed by atoms with E-state index in [1.54, 1.807) is 6.92 Å². The zero-order valence-electron chi connectivity index (χ0n) is 11.6. The number of esters is 1. The molecular weight excluding hydrogens is 250 g/mol. The summed E-state index contributed by atoms with van der Waals surface area (Å²) in [5, 5.41) is 15.6. The summed E-state index contributed by atoms with van der Waals surface area (Å²) in [7, 11) is 1.33. The van der Waals surface area contributed by atoms with Gasteiger partial charge in [-0.05, 0) is 20.8 Å². The third-order valence-corrected chi connectivity index (χ3v) is 1.81. The van der Waals surface area contributed by atoms with Gasteiger partial charge in [0.2, 0.25) is 0 Å². The number of ether oxygens (including phenoxy) is 2. The van der Waals surface area contributed by atoms with Crippen molar-refractivity contribution in [1.82, 2.24) is 0 Å². The van der Waals surface area contributed by atoms with Crippen molar-refractivity contribution in [2.75, 3.05) is 7.11 Å². The summed E-state index contributed by atoms with van der Waals surface area (Å²) >= 11 is 0. The van der Waals surface area contributed by atoms with Crippen molar-refractivity contribution in [3.05, 3.63) is 24.3 Å². The van der Waals surface area contributed by atoms with Gasteiger partial charge in [-0.15, -0.1) is 0 Å². The molecule has 6 heteroatoms. The number of hydrogen-bond acceptors (Lipinski definition) is 5. The molecule has 0 aliphatic heterocycles. The van der Waals surface area contributed by atoms with Crippen LogP contribution in [-0.4, -0.2) is 36.4 Å². The largest absolute Gasteiger partial charge is 0.477 e. The highest BCUT2D eigenvalue weighted by Crippen LogP contribution is 2.08. The van der Waals surface area contributed by atoms with Crippen molar-refractivity contribution >= 4 is 11.9 Å². The minimum atomic E-state index is -1.26. The molecule has 0 saturated carbocycles. The van der Waals surface area contributed by atoms with E-state index in [9.17, 15) is 9.59 Å². The van der Waals surface area contributed by atoms with Crippen molar-refractivity contribution in [2.45, 2.75) is 33.0 Å². The van der Waals surface area contributed by atoms with E-state index in [-0.39, 0.29) is 12.2 Å². The average Bonchev–Trinajstić information content (AvgIpc) is 2.35. The number of carbonyl (C=O) groups is 2. The van der Waals surface area contributed by atoms with Gasteiger partial charge < -0.3 is 14.6 Å². The fourth-order valence-electron chi connectivity index (χ4n) is 0.835. The van der Waals surface area contributed by atoms with E-state index in [0.29, 0.717) is 5.57 Å². The third-order valence-electron chi connectivity index (χ3n) is 1.81. The summed E-state index contributed by atoms with van der Waals surface area (Å²) < 4.78 is 9.83. The smallest absolute Gasteiger partial charge is 0.345 e. The van der Waals surface area contributed by atoms with Gasteiger partial charge in [0.1, 0.15) is 11.6 Å². The van der Waals surface area contributed by atoms with Crippen molar-refractivity contribution < 1.29 is 24.2 Å². The number of carbonyl (C=O) groups excluding carboxylic acids is 1. The summed E-state index contributed by atoms with van der Waals surface area (Å²) in [5.41, 5.74) is -0.0776. The lowest BCUT2D eigenvalue weighted by atomic mass is 10.2. The molecule has 0 heterocycles. The Hall–Kier alpha value is -2.13. The highest BCUT2D eigenvalue weighted by atomic mass is 16.5. The molecule has 1 atom stereocenters. The number of rotatable bonds is 5. The Labute approximate surface area is 112 Å². The maximum absolute atomic E-state index is 10.9. The van der Waals surface area contributed by atoms with Crippen LogP contribution in [0.1, 0.15) is 20.8 Å². The summed E-state index contributed by atoms with van der Waals surface area (Å²) in [6, 6.07) is 1.37. The summed E-state index contributed by atoms with van der Waals surface area (Å²) in [6.07, 6.45) is -0.196. The van der Waals surface area contributed by atoms with E-state index in [2.05, 4.69) is 17.9 Å². The SMILES string of the molecule is C=C(C#N)C(=O)O.C=C(C(=O)OC)C(C)OC(C)C. The summed E-state index contributed by atoms with van der Waals surface area (Å²) in [5.74, 6) is -1.68. The highest BCUT2D eigenvalue weighted by molar-refractivity contribution is 5.90. The Bertz CT molecular complexity index is 392. The second-order valence-corrected chi connectivity index (χ2v) is 3.74. The van der Waals surface area contributed by atoms with Crippen LogP contribution in [0.2, 0.25) is 0 Å². The van der Waals surface area contributed by atoms with Gasteiger partial charge in [-0.1, -0.05) is 13.2 Å². The van der Waals surface area contributed by atoms with Crippen LogP contribution in [0, 0.1) is 11.3 Å². The predicted octanol–water partition coefficient (Wildman–Crippen LogP) is 1.68. The van der Waals surface area contributed by atoms with Gasteiger partial charge >= 0.3 is 11.9 Å². The second kappa shape index (κ2) is 9.85. The van der Waals surface area contributed by atoms with Gasteiger partial charge in [-0.3, -0.25) is 0 Å². The van der Waals surface area contributed by atoms with Crippen molar-refractivity contribution in [2.24, 2.45) is 0 Å². The molecule has 0 amide bonds. The fourth-order valence-corrected chi connectivity index (χ4v) is 0.835. The number of nitriles is 1. The molecule has 1 N–H and O–H groups in total. The number of nitrogens with zero attached hydrogens (tertiary/aromatic N) is 1. The molecular formula is C13H19NO5. The standard InChI is InChI=1S/C9H16O3.C4H3NO2/c1-6(2)12-8(4)7(3)9(10)11-5;1-3(2-5)4(6)7/h6,8H,3H2,1-2,4-5H3;1H2,(H,6,7). The molecule has 106 valence electrons. The van der Waals surface area contributed by atoms with Gasteiger partial charge in [0.25, 0.3) is 0 Å². The first-order valence-electron chi connectivity index (χ1n) is 5.42. The van der Waals surface area contributed by atoms with Crippen molar-refractivity contribution in [3.63, 3.8) is 0 Å². The molecule has 0 aromatic rings. The Kier molecular flexibility index (Phi) is 9.97. The van der Waals surface area contributed by atoms with Gasteiger partial charge in [0, 0.05) is 0 Å². The van der Waals surface area contributed by atoms with Gasteiger partial charge in [-0.25, -0.2) is 9.59 Å². The van der Waals surface area contributed by atoms with Crippen molar-refractivity contribution in [1.29, 1.82) is 5.26 Å². The van der Waals surface area contributed by atoms with Crippen LogP contribution >= 0.6 is 0 Å². The predicted molar refractivity (Wildman–Crippen MR) is 69.2 cm³/mol. The molecule has 0 aromatic heterocycles. The lowest BCUT2D eigenvalue weighted by Gasteiger charge is -2.16. The van der Waals surface area contributed by atoms with E-state index in [1.165, 1.54) is 13.2 Å². The Morgan fingerprint density at radius 2 is 1.74 bits per heavy atom. The van der Waals surface area contributed by atoms with Crippen LogP contribution < -0.4 is 0 Å². The number of carboxylic acids is 1. The number of carboxylic acid groups (broad SMARTS) is 1. The van der Waals surface area contributed by atoms with E-state index in [1.807, 2.05) is 13.8 Å². The normalized spacial score (nSPS) is 10.5. The molecule has 0 saturated heterocycles. The van der Waals surface area contributed by atoms with Gasteiger partial charge in [-0.2, -0.15) is 5.26 Å². The molecule has 0 aromatic carbocycles. The van der Waals surface area contributed by atoms with Crippen LogP contribution in [0.25, 0.3) is 0 Å². The monoisotopic (exact) mass is 269 g/mol. The molecule has 6 nitrogen and oxygen atoms in total. The molecule has 0 fully saturated rings. The van der Waals surface area contributed by atoms with E-state index < -0.39 is 17.5 Å². The Morgan fingerprint density at radius 3 is 1.95 bits per heavy atom. The molecule has 1 unspecified atom stereocenters. The first-order valence-corrected chi connectivity index (χ1v) is 5.42. The first-order chi connectivity index (χ1) is 8.67. The number of methoxy groups -OCH3 is 1. The zero-order chi connectivity index (χ0) is 15.6. The summed E-state index contributed by atoms with van der Waals surface area (Å²) in [4.78, 5) is 20.5. The lowest BCUT2D eigenvalue weighted by molar-refractivity contribution is -0.138. The van der Waals surface area contributed by atoms with Gasteiger partial charge in [0.15, 0.2) is 0 Å². The maximum Gasteiger partial charge on any atom is 0.345 e. The Morgan fingerprint density at radius 1 is 1.26 bits per heavy atom. The lowest BCUT2D eigenvalue weighted by Crippen LogP contribution is -2.21. The van der Waals surface area contributed by atoms with E-state index in [4.69, 9.17) is 15.1 Å². The summed E-state index contributed by atoms with van der Waals surface area (Å²) in [6.45, 7) is 12.1. The van der Waals surface area contributed by atoms with E-state index in [0.717, 1.165) is 0 Å². The molecule has 0 rings (SSSR count). The minimum absolute atomic E-state index is 0.0846. The second-order valence-electron chi connectivity index (χ2n) is 3.74. The van der Waals surface area contributed by atoms with E-state index >= 15 is 0 Å². The first kappa shape index (κ1) is 19.2. The molecule has 0 aliphatic carbocycles. The quantitative estimate of drug-likeness (QED) is 0.463. The minimum Gasteiger partial charge on any atom is -0.477 e. The average molecular weight is 269 g/mol. The third kappa shape index (κ3) is 9.56. The zero-order valence-corrected chi connectivity index (χ0v) is 11.6. The molecule has 0 radical (unpaired) electrons. The highest BCUT2D eigenvalue weighted by Gasteiger charge is 2.16. The molecule has 0 aliphatic rings. The van der Waals surface area contributed by atoms with Crippen LogP contribution in [0.4, 0.5) is 0 Å². The van der Waals surface area contributed by atoms with Crippen LogP contribution in [0.3, 0.4) is 0 Å². The van der Waals surface area contributed by atoms with Crippen LogP contribution in [0.15, 0.2) is 24.3 Å². The van der Waals surface area contributed by atoms with Crippen LogP contribution in [0.5, 0.6) is 0 Å². The molecule has 19 heavy (non-hydrogen) atoms.